The fourth-order valence-electron chi connectivity index (χ4n) is 1.34. The van der Waals surface area contributed by atoms with Gasteiger partial charge in [0.2, 0.25) is 5.91 Å². The van der Waals surface area contributed by atoms with Gasteiger partial charge < -0.3 is 11.1 Å². The molecule has 0 saturated heterocycles. The zero-order chi connectivity index (χ0) is 12.1. The van der Waals surface area contributed by atoms with Crippen LogP contribution in [0.15, 0.2) is 6.07 Å². The summed E-state index contributed by atoms with van der Waals surface area (Å²) in [6.45, 7) is 5.92. The van der Waals surface area contributed by atoms with Gasteiger partial charge >= 0.3 is 0 Å². The van der Waals surface area contributed by atoms with Gasteiger partial charge in [0, 0.05) is 11.8 Å². The first-order valence-electron chi connectivity index (χ1n) is 5.65. The van der Waals surface area contributed by atoms with Crippen LogP contribution in [0.4, 0.5) is 5.82 Å². The van der Waals surface area contributed by atoms with Gasteiger partial charge in [0.1, 0.15) is 0 Å². The highest BCUT2D eigenvalue weighted by molar-refractivity contribution is 5.94. The van der Waals surface area contributed by atoms with Gasteiger partial charge in [0.25, 0.3) is 0 Å². The van der Waals surface area contributed by atoms with Crippen LogP contribution in [-0.4, -0.2) is 22.1 Å². The highest BCUT2D eigenvalue weighted by Crippen LogP contribution is 2.08. The summed E-state index contributed by atoms with van der Waals surface area (Å²) in [5.41, 5.74) is 6.75. The number of anilines is 1. The molecule has 0 aliphatic heterocycles. The lowest BCUT2D eigenvalue weighted by Gasteiger charge is -2.13. The lowest BCUT2D eigenvalue weighted by molar-refractivity contribution is -0.118. The van der Waals surface area contributed by atoms with E-state index in [4.69, 9.17) is 5.73 Å². The highest BCUT2D eigenvalue weighted by atomic mass is 35.5. The Labute approximate surface area is 108 Å². The van der Waals surface area contributed by atoms with Gasteiger partial charge in [-0.25, -0.2) is 0 Å². The fourth-order valence-corrected chi connectivity index (χ4v) is 1.34. The molecule has 17 heavy (non-hydrogen) atoms. The summed E-state index contributed by atoms with van der Waals surface area (Å²) in [5, 5.41) is 9.57. The van der Waals surface area contributed by atoms with Crippen LogP contribution in [-0.2, 0) is 11.2 Å². The van der Waals surface area contributed by atoms with Gasteiger partial charge in [-0.15, -0.1) is 12.4 Å². The minimum atomic E-state index is -0.494. The molecular formula is C11H21ClN4O. The molecule has 0 saturated carbocycles. The smallest absolute Gasteiger partial charge is 0.242 e. The number of rotatable bonds is 5. The summed E-state index contributed by atoms with van der Waals surface area (Å²) in [7, 11) is 0. The van der Waals surface area contributed by atoms with Crippen molar-refractivity contribution >= 4 is 24.1 Å². The van der Waals surface area contributed by atoms with Crippen LogP contribution in [0.2, 0.25) is 0 Å². The number of nitrogens with one attached hydrogen (secondary N) is 2. The summed E-state index contributed by atoms with van der Waals surface area (Å²) in [5.74, 6) is 0.475. The van der Waals surface area contributed by atoms with Gasteiger partial charge in [0.05, 0.1) is 6.04 Å². The van der Waals surface area contributed by atoms with E-state index >= 15 is 0 Å². The van der Waals surface area contributed by atoms with Crippen molar-refractivity contribution in [3.8, 4) is 0 Å². The van der Waals surface area contributed by atoms with Crippen LogP contribution in [0.1, 0.15) is 32.9 Å². The Morgan fingerprint density at radius 3 is 2.76 bits per heavy atom. The van der Waals surface area contributed by atoms with E-state index < -0.39 is 6.04 Å². The Morgan fingerprint density at radius 2 is 2.24 bits per heavy atom. The number of aromatic amines is 1. The Hall–Kier alpha value is -1.07. The van der Waals surface area contributed by atoms with E-state index in [0.29, 0.717) is 5.82 Å². The SMILES string of the molecule is CCCc1cc(NC(=O)[C@@H](N)C(C)C)n[nH]1.Cl. The summed E-state index contributed by atoms with van der Waals surface area (Å²) >= 11 is 0. The molecule has 6 heteroatoms. The third-order valence-electron chi connectivity index (χ3n) is 2.42. The summed E-state index contributed by atoms with van der Waals surface area (Å²) < 4.78 is 0. The Bertz CT molecular complexity index is 351. The van der Waals surface area contributed by atoms with Crippen LogP contribution >= 0.6 is 12.4 Å². The number of carbonyl (C=O) groups is 1. The number of nitrogens with two attached hydrogens (primary N) is 1. The number of hydrogen-bond acceptors (Lipinski definition) is 3. The van der Waals surface area contributed by atoms with Crippen LogP contribution < -0.4 is 11.1 Å². The molecule has 1 amide bonds. The molecule has 1 aromatic rings. The molecule has 4 N–H and O–H groups in total. The van der Waals surface area contributed by atoms with Crippen molar-refractivity contribution < 1.29 is 4.79 Å². The highest BCUT2D eigenvalue weighted by Gasteiger charge is 2.17. The zero-order valence-corrected chi connectivity index (χ0v) is 11.3. The first kappa shape index (κ1) is 15.9. The topological polar surface area (TPSA) is 83.8 Å². The fraction of sp³-hybridized carbons (Fsp3) is 0.636. The molecule has 98 valence electrons. The summed E-state index contributed by atoms with van der Waals surface area (Å²) in [6.07, 6.45) is 1.97. The normalized spacial score (nSPS) is 12.1. The summed E-state index contributed by atoms with van der Waals surface area (Å²) in [4.78, 5) is 11.6. The van der Waals surface area contributed by atoms with Gasteiger partial charge in [-0.1, -0.05) is 27.2 Å². The van der Waals surface area contributed by atoms with E-state index in [-0.39, 0.29) is 24.2 Å². The van der Waals surface area contributed by atoms with Crippen molar-refractivity contribution in [2.75, 3.05) is 5.32 Å². The molecular weight excluding hydrogens is 240 g/mol. The van der Waals surface area contributed by atoms with Crippen LogP contribution in [0.25, 0.3) is 0 Å². The largest absolute Gasteiger partial charge is 0.320 e. The maximum Gasteiger partial charge on any atom is 0.242 e. The minimum absolute atomic E-state index is 0. The lowest BCUT2D eigenvalue weighted by atomic mass is 10.1. The van der Waals surface area contributed by atoms with Gasteiger partial charge in [-0.3, -0.25) is 9.89 Å². The predicted octanol–water partition coefficient (Wildman–Crippen LogP) is 1.71. The van der Waals surface area contributed by atoms with Crippen molar-refractivity contribution in [2.45, 2.75) is 39.7 Å². The van der Waals surface area contributed by atoms with E-state index in [1.54, 1.807) is 0 Å². The van der Waals surface area contributed by atoms with Gasteiger partial charge in [-0.2, -0.15) is 5.10 Å². The van der Waals surface area contributed by atoms with E-state index in [0.717, 1.165) is 18.5 Å². The van der Waals surface area contributed by atoms with Crippen molar-refractivity contribution in [1.29, 1.82) is 0 Å². The number of amides is 1. The van der Waals surface area contributed by atoms with E-state index in [1.807, 2.05) is 19.9 Å². The molecule has 0 aliphatic carbocycles. The molecule has 0 aliphatic rings. The maximum absolute atomic E-state index is 11.6. The van der Waals surface area contributed by atoms with Gasteiger partial charge in [-0.05, 0) is 12.3 Å². The molecule has 0 spiro atoms. The lowest BCUT2D eigenvalue weighted by Crippen LogP contribution is -2.39. The second-order valence-electron chi connectivity index (χ2n) is 4.29. The molecule has 0 fully saturated rings. The summed E-state index contributed by atoms with van der Waals surface area (Å²) in [6, 6.07) is 1.35. The number of aryl methyl sites for hydroxylation is 1. The zero-order valence-electron chi connectivity index (χ0n) is 10.5. The van der Waals surface area contributed by atoms with Crippen LogP contribution in [0.3, 0.4) is 0 Å². The van der Waals surface area contributed by atoms with E-state index in [1.165, 1.54) is 0 Å². The molecule has 1 atom stereocenters. The second-order valence-corrected chi connectivity index (χ2v) is 4.29. The monoisotopic (exact) mass is 260 g/mol. The van der Waals surface area contributed by atoms with Crippen LogP contribution in [0.5, 0.6) is 0 Å². The Morgan fingerprint density at radius 1 is 1.59 bits per heavy atom. The molecule has 1 rings (SSSR count). The number of carbonyl (C=O) groups excluding carboxylic acids is 1. The molecule has 0 unspecified atom stereocenters. The minimum Gasteiger partial charge on any atom is -0.320 e. The molecule has 1 heterocycles. The van der Waals surface area contributed by atoms with Crippen molar-refractivity contribution in [3.05, 3.63) is 11.8 Å². The quantitative estimate of drug-likeness (QED) is 0.754. The van der Waals surface area contributed by atoms with Crippen molar-refractivity contribution in [3.63, 3.8) is 0 Å². The average molecular weight is 261 g/mol. The standard InChI is InChI=1S/C11H20N4O.ClH/c1-4-5-8-6-9(15-14-8)13-11(16)10(12)7(2)3;/h6-7,10H,4-5,12H2,1-3H3,(H2,13,14,15,16);1H/t10-;/m0./s1. The van der Waals surface area contributed by atoms with Crippen molar-refractivity contribution in [2.24, 2.45) is 11.7 Å². The first-order chi connectivity index (χ1) is 7.54. The molecule has 0 aromatic carbocycles. The third-order valence-corrected chi connectivity index (χ3v) is 2.42. The van der Waals surface area contributed by atoms with E-state index in [9.17, 15) is 4.79 Å². The van der Waals surface area contributed by atoms with Gasteiger partial charge in [0.15, 0.2) is 5.82 Å². The predicted molar refractivity (Wildman–Crippen MR) is 71.3 cm³/mol. The van der Waals surface area contributed by atoms with Crippen LogP contribution in [0, 0.1) is 5.92 Å². The molecule has 0 bridgehead atoms. The molecule has 0 radical (unpaired) electrons. The second kappa shape index (κ2) is 7.29. The van der Waals surface area contributed by atoms with Crippen molar-refractivity contribution in [1.82, 2.24) is 10.2 Å². The number of hydrogen-bond donors (Lipinski definition) is 3. The Kier molecular flexibility index (Phi) is 6.83. The Balaban J connectivity index is 0.00000256. The maximum atomic E-state index is 11.6. The number of H-pyrrole nitrogens is 1. The number of aromatic nitrogens is 2. The van der Waals surface area contributed by atoms with E-state index in [2.05, 4.69) is 22.4 Å². The molecule has 1 aromatic heterocycles. The number of halogens is 1. The third kappa shape index (κ3) is 4.75. The first-order valence-corrected chi connectivity index (χ1v) is 5.65. The molecule has 5 nitrogen and oxygen atoms in total. The number of nitrogens with zero attached hydrogens (tertiary/aromatic N) is 1. The average Bonchev–Trinajstić information content (AvgIpc) is 2.65.